The van der Waals surface area contributed by atoms with Gasteiger partial charge in [0, 0.05) is 11.6 Å². The van der Waals surface area contributed by atoms with E-state index in [9.17, 15) is 8.42 Å². The number of furan rings is 1. The van der Waals surface area contributed by atoms with Gasteiger partial charge in [-0.25, -0.2) is 17.7 Å². The maximum Gasteiger partial charge on any atom is 0.266 e. The first-order valence-electron chi connectivity index (χ1n) is 7.48. The Morgan fingerprint density at radius 2 is 1.96 bits per heavy atom. The molecule has 0 spiro atoms. The van der Waals surface area contributed by atoms with E-state index in [-0.39, 0.29) is 23.2 Å². The largest absolute Gasteiger partial charge is 0.461 e. The number of nitrogens with zero attached hydrogens (tertiary/aromatic N) is 4. The summed E-state index contributed by atoms with van der Waals surface area (Å²) in [6, 6.07) is 11.5. The van der Waals surface area contributed by atoms with E-state index in [1.54, 1.807) is 35.7 Å². The van der Waals surface area contributed by atoms with Crippen LogP contribution in [0.25, 0.3) is 11.6 Å². The summed E-state index contributed by atoms with van der Waals surface area (Å²) in [5, 5.41) is 5.84. The van der Waals surface area contributed by atoms with E-state index in [2.05, 4.69) is 15.1 Å². The molecule has 4 aromatic rings. The van der Waals surface area contributed by atoms with Crippen molar-refractivity contribution in [1.29, 1.82) is 0 Å². The number of rotatable bonds is 6. The number of hydrogen-bond donors (Lipinski definition) is 0. The molecule has 0 radical (unpaired) electrons. The Labute approximate surface area is 152 Å². The highest BCUT2D eigenvalue weighted by molar-refractivity contribution is 7.93. The smallest absolute Gasteiger partial charge is 0.266 e. The second kappa shape index (κ2) is 6.73. The molecule has 1 aromatic carbocycles. The van der Waals surface area contributed by atoms with E-state index in [0.717, 1.165) is 4.31 Å². The summed E-state index contributed by atoms with van der Waals surface area (Å²) in [4.78, 5) is 8.48. The van der Waals surface area contributed by atoms with Crippen LogP contribution in [0, 0.1) is 0 Å². The zero-order valence-corrected chi connectivity index (χ0v) is 14.9. The fraction of sp³-hybridized carbons (Fsp3) is 0.0625. The number of benzene rings is 1. The molecule has 0 N–H and O–H groups in total. The van der Waals surface area contributed by atoms with Crippen molar-refractivity contribution < 1.29 is 17.4 Å². The van der Waals surface area contributed by atoms with E-state index in [4.69, 9.17) is 8.94 Å². The Morgan fingerprint density at radius 3 is 2.65 bits per heavy atom. The van der Waals surface area contributed by atoms with E-state index in [1.165, 1.54) is 35.9 Å². The third-order valence-corrected chi connectivity index (χ3v) is 6.11. The van der Waals surface area contributed by atoms with Gasteiger partial charge in [0.05, 0.1) is 11.2 Å². The SMILES string of the molecule is O=S(=O)(c1ccccc1)N(Cc1nc(-c2ccco2)no1)c1nccs1. The van der Waals surface area contributed by atoms with Crippen molar-refractivity contribution in [3.63, 3.8) is 0 Å². The molecule has 10 heteroatoms. The monoisotopic (exact) mass is 388 g/mol. The van der Waals surface area contributed by atoms with Crippen LogP contribution >= 0.6 is 11.3 Å². The van der Waals surface area contributed by atoms with Gasteiger partial charge in [-0.2, -0.15) is 4.98 Å². The van der Waals surface area contributed by atoms with E-state index in [0.29, 0.717) is 10.9 Å². The fourth-order valence-electron chi connectivity index (χ4n) is 2.26. The highest BCUT2D eigenvalue weighted by atomic mass is 32.2. The van der Waals surface area contributed by atoms with Crippen LogP contribution in [0.4, 0.5) is 5.13 Å². The van der Waals surface area contributed by atoms with Gasteiger partial charge in [0.1, 0.15) is 6.54 Å². The Balaban J connectivity index is 1.69. The summed E-state index contributed by atoms with van der Waals surface area (Å²) >= 11 is 1.20. The Kier molecular flexibility index (Phi) is 4.27. The summed E-state index contributed by atoms with van der Waals surface area (Å²) < 4.78 is 37.7. The average molecular weight is 388 g/mol. The zero-order valence-electron chi connectivity index (χ0n) is 13.2. The van der Waals surface area contributed by atoms with Crippen LogP contribution in [-0.4, -0.2) is 23.5 Å². The van der Waals surface area contributed by atoms with Crippen molar-refractivity contribution in [2.75, 3.05) is 4.31 Å². The van der Waals surface area contributed by atoms with Crippen LogP contribution in [0.1, 0.15) is 5.89 Å². The number of thiazole rings is 1. The van der Waals surface area contributed by atoms with Crippen LogP contribution < -0.4 is 4.31 Å². The quantitative estimate of drug-likeness (QED) is 0.500. The molecule has 0 bridgehead atoms. The van der Waals surface area contributed by atoms with Crippen molar-refractivity contribution in [2.24, 2.45) is 0 Å². The molecule has 0 saturated carbocycles. The molecule has 0 aliphatic heterocycles. The lowest BCUT2D eigenvalue weighted by Gasteiger charge is -2.19. The first-order valence-corrected chi connectivity index (χ1v) is 9.80. The predicted molar refractivity (Wildman–Crippen MR) is 93.9 cm³/mol. The third-order valence-electron chi connectivity index (χ3n) is 3.45. The van der Waals surface area contributed by atoms with Gasteiger partial charge in [-0.3, -0.25) is 0 Å². The molecular formula is C16H12N4O4S2. The summed E-state index contributed by atoms with van der Waals surface area (Å²) in [6.07, 6.45) is 3.03. The highest BCUT2D eigenvalue weighted by Crippen LogP contribution is 2.27. The lowest BCUT2D eigenvalue weighted by molar-refractivity contribution is 0.379. The first kappa shape index (κ1) is 16.5. The van der Waals surface area contributed by atoms with E-state index >= 15 is 0 Å². The van der Waals surface area contributed by atoms with Crippen molar-refractivity contribution in [2.45, 2.75) is 11.4 Å². The van der Waals surface area contributed by atoms with Crippen LogP contribution in [-0.2, 0) is 16.6 Å². The Hall–Kier alpha value is -2.98. The predicted octanol–water partition coefficient (Wildman–Crippen LogP) is 3.18. The average Bonchev–Trinajstić information content (AvgIpc) is 3.42. The number of sulfonamides is 1. The molecule has 0 saturated heterocycles. The van der Waals surface area contributed by atoms with Crippen LogP contribution in [0.5, 0.6) is 0 Å². The summed E-state index contributed by atoms with van der Waals surface area (Å²) in [5.41, 5.74) is 0. The van der Waals surface area contributed by atoms with Crippen molar-refractivity contribution in [3.8, 4) is 11.6 Å². The topological polar surface area (TPSA) is 102 Å². The van der Waals surface area contributed by atoms with E-state index < -0.39 is 10.0 Å². The molecule has 3 aromatic heterocycles. The second-order valence-corrected chi connectivity index (χ2v) is 7.86. The van der Waals surface area contributed by atoms with Gasteiger partial charge in [-0.15, -0.1) is 11.3 Å². The van der Waals surface area contributed by atoms with Gasteiger partial charge < -0.3 is 8.94 Å². The fourth-order valence-corrected chi connectivity index (χ4v) is 4.52. The van der Waals surface area contributed by atoms with Crippen molar-refractivity contribution >= 4 is 26.5 Å². The lowest BCUT2D eigenvalue weighted by Crippen LogP contribution is -2.30. The van der Waals surface area contributed by atoms with Gasteiger partial charge >= 0.3 is 0 Å². The van der Waals surface area contributed by atoms with Gasteiger partial charge in [-0.1, -0.05) is 23.4 Å². The van der Waals surface area contributed by atoms with Crippen LogP contribution in [0.3, 0.4) is 0 Å². The molecule has 0 aliphatic carbocycles. The van der Waals surface area contributed by atoms with Crippen LogP contribution in [0.2, 0.25) is 0 Å². The third kappa shape index (κ3) is 3.11. The van der Waals surface area contributed by atoms with Crippen molar-refractivity contribution in [3.05, 3.63) is 66.2 Å². The first-order chi connectivity index (χ1) is 12.6. The Bertz CT molecular complexity index is 1070. The second-order valence-electron chi connectivity index (χ2n) is 5.13. The van der Waals surface area contributed by atoms with Gasteiger partial charge in [-0.05, 0) is 24.3 Å². The summed E-state index contributed by atoms with van der Waals surface area (Å²) in [6.45, 7) is -0.140. The summed E-state index contributed by atoms with van der Waals surface area (Å²) in [7, 11) is -3.84. The number of hydrogen-bond acceptors (Lipinski definition) is 8. The minimum atomic E-state index is -3.84. The van der Waals surface area contributed by atoms with Gasteiger partial charge in [0.2, 0.25) is 11.7 Å². The molecular weight excluding hydrogens is 376 g/mol. The van der Waals surface area contributed by atoms with E-state index in [1.807, 2.05) is 0 Å². The molecule has 0 unspecified atom stereocenters. The number of aromatic nitrogens is 3. The lowest BCUT2D eigenvalue weighted by atomic mass is 10.4. The molecule has 0 atom stereocenters. The molecule has 132 valence electrons. The van der Waals surface area contributed by atoms with Crippen LogP contribution in [0.15, 0.2) is 74.1 Å². The molecule has 8 nitrogen and oxygen atoms in total. The molecule has 0 amide bonds. The van der Waals surface area contributed by atoms with Gasteiger partial charge in [0.15, 0.2) is 10.9 Å². The molecule has 4 rings (SSSR count). The van der Waals surface area contributed by atoms with Crippen molar-refractivity contribution in [1.82, 2.24) is 15.1 Å². The van der Waals surface area contributed by atoms with Gasteiger partial charge in [0.25, 0.3) is 10.0 Å². The standard InChI is InChI=1S/C16H12N4O4S2/c21-26(22,12-5-2-1-3-6-12)20(16-17-8-10-25-16)11-14-18-15(19-24-14)13-7-4-9-23-13/h1-10H,11H2. The number of anilines is 1. The Morgan fingerprint density at radius 1 is 1.12 bits per heavy atom. The minimum Gasteiger partial charge on any atom is -0.461 e. The molecule has 0 fully saturated rings. The maximum absolute atomic E-state index is 13.1. The normalized spacial score (nSPS) is 11.5. The zero-order chi connectivity index (χ0) is 18.0. The highest BCUT2D eigenvalue weighted by Gasteiger charge is 2.29. The molecule has 3 heterocycles. The maximum atomic E-state index is 13.1. The molecule has 26 heavy (non-hydrogen) atoms. The summed E-state index contributed by atoms with van der Waals surface area (Å²) in [5.74, 6) is 0.819. The minimum absolute atomic E-state index is 0.131. The molecule has 0 aliphatic rings.